The van der Waals surface area contributed by atoms with Gasteiger partial charge in [-0.3, -0.25) is 19.2 Å². The lowest BCUT2D eigenvalue weighted by atomic mass is 9.93. The zero-order chi connectivity index (χ0) is 33.7. The van der Waals surface area contributed by atoms with Crippen LogP contribution in [0.25, 0.3) is 0 Å². The molecule has 0 heterocycles. The van der Waals surface area contributed by atoms with E-state index in [4.69, 9.17) is 10.5 Å². The van der Waals surface area contributed by atoms with E-state index in [-0.39, 0.29) is 54.0 Å². The van der Waals surface area contributed by atoms with Gasteiger partial charge in [0.1, 0.15) is 12.6 Å². The topological polar surface area (TPSA) is 140 Å². The summed E-state index contributed by atoms with van der Waals surface area (Å²) in [5.41, 5.74) is 9.04. The maximum Gasteiger partial charge on any atom is 0.309 e. The Kier molecular flexibility index (Phi) is 12.8. The van der Waals surface area contributed by atoms with Gasteiger partial charge in [-0.25, -0.2) is 0 Å². The molecule has 9 nitrogen and oxygen atoms in total. The van der Waals surface area contributed by atoms with Gasteiger partial charge >= 0.3 is 5.97 Å². The highest BCUT2D eigenvalue weighted by molar-refractivity contribution is 5.89. The van der Waals surface area contributed by atoms with Crippen LogP contribution in [0.2, 0.25) is 0 Å². The van der Waals surface area contributed by atoms with Gasteiger partial charge in [0.25, 0.3) is 0 Å². The number of hydrogen-bond acceptors (Lipinski definition) is 6. The third-order valence-electron chi connectivity index (χ3n) is 9.81. The molecule has 3 aromatic rings. The van der Waals surface area contributed by atoms with Crippen molar-refractivity contribution in [3.05, 3.63) is 108 Å². The van der Waals surface area contributed by atoms with Crippen LogP contribution in [0.1, 0.15) is 55.2 Å². The number of carbonyl (C=O) groups excluding carboxylic acids is 4. The van der Waals surface area contributed by atoms with Crippen molar-refractivity contribution in [1.29, 1.82) is 0 Å². The molecule has 2 saturated carbocycles. The monoisotopic (exact) mass is 652 g/mol. The summed E-state index contributed by atoms with van der Waals surface area (Å²) in [5, 5.41) is 9.07. The van der Waals surface area contributed by atoms with Crippen molar-refractivity contribution in [1.82, 2.24) is 16.0 Å². The number of amides is 3. The first-order valence-electron chi connectivity index (χ1n) is 17.3. The molecular weight excluding hydrogens is 604 g/mol. The van der Waals surface area contributed by atoms with Crippen LogP contribution in [0.15, 0.2) is 91.0 Å². The molecule has 2 aliphatic rings. The Bertz CT molecular complexity index is 1490. The molecule has 0 aliphatic heterocycles. The first-order chi connectivity index (χ1) is 23.4. The SMILES string of the molecule is N[C@H](Cc1ccccc1)C(=O)NC[C@@H]1CCC[C@H]1C(=O)N[C@H](Cc1ccccc1)C(=O)NC[C@@H]1CCC[C@H]1C(=O)OCc1ccccc1. The molecule has 0 spiro atoms. The number of hydrogen-bond donors (Lipinski definition) is 4. The van der Waals surface area contributed by atoms with Crippen LogP contribution < -0.4 is 21.7 Å². The maximum absolute atomic E-state index is 13.7. The summed E-state index contributed by atoms with van der Waals surface area (Å²) in [6, 6.07) is 27.4. The van der Waals surface area contributed by atoms with E-state index < -0.39 is 12.1 Å². The number of carbonyl (C=O) groups is 4. The van der Waals surface area contributed by atoms with Gasteiger partial charge in [-0.1, -0.05) is 104 Å². The first kappa shape index (κ1) is 34.8. The lowest BCUT2D eigenvalue weighted by Gasteiger charge is -2.25. The average Bonchev–Trinajstić information content (AvgIpc) is 3.79. The van der Waals surface area contributed by atoms with Gasteiger partial charge in [0.15, 0.2) is 0 Å². The molecule has 48 heavy (non-hydrogen) atoms. The Hall–Kier alpha value is -4.50. The minimum absolute atomic E-state index is 0.0265. The number of benzene rings is 3. The lowest BCUT2D eigenvalue weighted by Crippen LogP contribution is -2.51. The first-order valence-corrected chi connectivity index (χ1v) is 17.3. The molecule has 3 aromatic carbocycles. The largest absolute Gasteiger partial charge is 0.461 e. The fraction of sp³-hybridized carbons (Fsp3) is 0.436. The summed E-state index contributed by atoms with van der Waals surface area (Å²) in [4.78, 5) is 53.1. The van der Waals surface area contributed by atoms with E-state index in [0.29, 0.717) is 32.4 Å². The van der Waals surface area contributed by atoms with E-state index in [1.54, 1.807) is 0 Å². The number of ether oxygens (including phenoxy) is 1. The number of nitrogens with two attached hydrogens (primary N) is 1. The van der Waals surface area contributed by atoms with Crippen molar-refractivity contribution in [2.75, 3.05) is 13.1 Å². The fourth-order valence-electron chi connectivity index (χ4n) is 7.07. The molecule has 5 rings (SSSR count). The summed E-state index contributed by atoms with van der Waals surface area (Å²) >= 11 is 0. The Balaban J connectivity index is 1.15. The highest BCUT2D eigenvalue weighted by atomic mass is 16.5. The van der Waals surface area contributed by atoms with Gasteiger partial charge in [-0.05, 0) is 60.6 Å². The van der Waals surface area contributed by atoms with E-state index in [1.165, 1.54) is 0 Å². The predicted octanol–water partition coefficient (Wildman–Crippen LogP) is 4.09. The van der Waals surface area contributed by atoms with Crippen LogP contribution in [0, 0.1) is 23.7 Å². The Labute approximate surface area is 283 Å². The molecule has 9 heteroatoms. The molecule has 0 saturated heterocycles. The van der Waals surface area contributed by atoms with Crippen molar-refractivity contribution in [3.8, 4) is 0 Å². The normalized spacial score (nSPS) is 21.5. The average molecular weight is 653 g/mol. The van der Waals surface area contributed by atoms with Gasteiger partial charge in [0.05, 0.1) is 12.0 Å². The standard InChI is InChI=1S/C39H48N4O5/c40-34(22-27-12-4-1-5-13-27)37(45)41-24-30-18-10-20-32(30)36(44)43-35(23-28-14-6-2-7-15-28)38(46)42-25-31-19-11-21-33(31)39(47)48-26-29-16-8-3-9-17-29/h1-9,12-17,30-35H,10-11,18-26,40H2,(H,41,45)(H,42,46)(H,43,44)/t30-,31-,32+,33+,34+,35+/m0/s1. The quantitative estimate of drug-likeness (QED) is 0.183. The molecule has 0 radical (unpaired) electrons. The van der Waals surface area contributed by atoms with Crippen LogP contribution >= 0.6 is 0 Å². The molecule has 3 amide bonds. The Morgan fingerprint density at radius 1 is 0.646 bits per heavy atom. The number of esters is 1. The van der Waals surface area contributed by atoms with Crippen molar-refractivity contribution >= 4 is 23.7 Å². The molecule has 254 valence electrons. The summed E-state index contributed by atoms with van der Waals surface area (Å²) in [6.07, 6.45) is 5.60. The molecule has 5 N–H and O–H groups in total. The molecule has 6 atom stereocenters. The second-order valence-electron chi connectivity index (χ2n) is 13.2. The van der Waals surface area contributed by atoms with E-state index in [0.717, 1.165) is 48.8 Å². The third-order valence-corrected chi connectivity index (χ3v) is 9.81. The molecule has 0 aromatic heterocycles. The van der Waals surface area contributed by atoms with Crippen molar-refractivity contribution in [3.63, 3.8) is 0 Å². The van der Waals surface area contributed by atoms with E-state index in [2.05, 4.69) is 16.0 Å². The Morgan fingerprint density at radius 2 is 1.15 bits per heavy atom. The van der Waals surface area contributed by atoms with Gasteiger partial charge in [-0.15, -0.1) is 0 Å². The van der Waals surface area contributed by atoms with E-state index >= 15 is 0 Å². The summed E-state index contributed by atoms with van der Waals surface area (Å²) in [6.45, 7) is 0.928. The predicted molar refractivity (Wildman–Crippen MR) is 184 cm³/mol. The summed E-state index contributed by atoms with van der Waals surface area (Å²) in [5.74, 6) is -1.58. The zero-order valence-corrected chi connectivity index (χ0v) is 27.5. The van der Waals surface area contributed by atoms with E-state index in [1.807, 2.05) is 91.0 Å². The van der Waals surface area contributed by atoms with Gasteiger partial charge < -0.3 is 26.4 Å². The minimum Gasteiger partial charge on any atom is -0.461 e. The second-order valence-corrected chi connectivity index (χ2v) is 13.2. The lowest BCUT2D eigenvalue weighted by molar-refractivity contribution is -0.151. The highest BCUT2D eigenvalue weighted by Crippen LogP contribution is 2.33. The Morgan fingerprint density at radius 3 is 1.75 bits per heavy atom. The smallest absolute Gasteiger partial charge is 0.309 e. The summed E-state index contributed by atoms with van der Waals surface area (Å²) in [7, 11) is 0. The van der Waals surface area contributed by atoms with Crippen molar-refractivity contribution in [2.24, 2.45) is 29.4 Å². The second kappa shape index (κ2) is 17.6. The van der Waals surface area contributed by atoms with Crippen LogP contribution in [0.4, 0.5) is 0 Å². The molecule has 2 fully saturated rings. The zero-order valence-electron chi connectivity index (χ0n) is 27.5. The van der Waals surface area contributed by atoms with Crippen LogP contribution in [-0.4, -0.2) is 48.9 Å². The third kappa shape index (κ3) is 10.0. The number of rotatable bonds is 15. The molecular formula is C39H48N4O5. The number of nitrogens with one attached hydrogen (secondary N) is 3. The van der Waals surface area contributed by atoms with Gasteiger partial charge in [-0.2, -0.15) is 0 Å². The van der Waals surface area contributed by atoms with Crippen molar-refractivity contribution < 1.29 is 23.9 Å². The minimum atomic E-state index is -0.778. The van der Waals surface area contributed by atoms with Gasteiger partial charge in [0.2, 0.25) is 17.7 Å². The fourth-order valence-corrected chi connectivity index (χ4v) is 7.07. The molecule has 0 bridgehead atoms. The van der Waals surface area contributed by atoms with Crippen LogP contribution in [0.5, 0.6) is 0 Å². The maximum atomic E-state index is 13.7. The summed E-state index contributed by atoms with van der Waals surface area (Å²) < 4.78 is 5.63. The van der Waals surface area contributed by atoms with Gasteiger partial charge in [0, 0.05) is 25.4 Å². The van der Waals surface area contributed by atoms with Crippen LogP contribution in [-0.2, 0) is 43.4 Å². The molecule has 2 aliphatic carbocycles. The molecule has 0 unspecified atom stereocenters. The van der Waals surface area contributed by atoms with Crippen molar-refractivity contribution in [2.45, 2.75) is 70.1 Å². The van der Waals surface area contributed by atoms with E-state index in [9.17, 15) is 19.2 Å². The van der Waals surface area contributed by atoms with Crippen LogP contribution in [0.3, 0.4) is 0 Å². The highest BCUT2D eigenvalue weighted by Gasteiger charge is 2.37.